The third-order valence-electron chi connectivity index (χ3n) is 3.27. The average molecular weight is 267 g/mol. The van der Waals surface area contributed by atoms with Crippen LogP contribution in [0.1, 0.15) is 39.1 Å². The van der Waals surface area contributed by atoms with Gasteiger partial charge in [0.05, 0.1) is 0 Å². The summed E-state index contributed by atoms with van der Waals surface area (Å²) < 4.78 is 0. The summed E-state index contributed by atoms with van der Waals surface area (Å²) in [5, 5.41) is 0. The zero-order chi connectivity index (χ0) is 14.5. The molecule has 0 atom stereocenters. The van der Waals surface area contributed by atoms with E-state index in [1.165, 1.54) is 22.5 Å². The molecule has 0 aliphatic carbocycles. The maximum absolute atomic E-state index is 4.84. The summed E-state index contributed by atoms with van der Waals surface area (Å²) in [7, 11) is 0. The van der Waals surface area contributed by atoms with Crippen molar-refractivity contribution in [2.24, 2.45) is 11.8 Å². The van der Waals surface area contributed by atoms with Crippen molar-refractivity contribution in [1.82, 2.24) is 4.98 Å². The third kappa shape index (κ3) is 4.19. The van der Waals surface area contributed by atoms with Gasteiger partial charge in [0.2, 0.25) is 0 Å². The first-order chi connectivity index (χ1) is 9.54. The molecule has 2 rings (SSSR count). The molecule has 0 bridgehead atoms. The van der Waals surface area contributed by atoms with Crippen molar-refractivity contribution in [3.8, 4) is 11.1 Å². The predicted molar refractivity (Wildman–Crippen MR) is 86.8 cm³/mol. The Bertz CT molecular complexity index is 513. The number of nitrogens with zero attached hydrogens (tertiary/aromatic N) is 1. The van der Waals surface area contributed by atoms with E-state index in [2.05, 4.69) is 70.2 Å². The van der Waals surface area contributed by atoms with Crippen LogP contribution in [0.4, 0.5) is 0 Å². The minimum Gasteiger partial charge on any atom is -0.258 e. The molecule has 20 heavy (non-hydrogen) atoms. The van der Waals surface area contributed by atoms with Crippen molar-refractivity contribution in [2.75, 3.05) is 0 Å². The Hall–Kier alpha value is -1.63. The summed E-state index contributed by atoms with van der Waals surface area (Å²) in [5.41, 5.74) is 5.02. The van der Waals surface area contributed by atoms with Gasteiger partial charge in [0.15, 0.2) is 0 Å². The van der Waals surface area contributed by atoms with Gasteiger partial charge in [-0.1, -0.05) is 58.0 Å². The number of benzene rings is 1. The summed E-state index contributed by atoms with van der Waals surface area (Å²) >= 11 is 0. The molecule has 106 valence electrons. The van der Waals surface area contributed by atoms with Gasteiger partial charge in [-0.05, 0) is 47.9 Å². The Balaban J connectivity index is 2.39. The lowest BCUT2D eigenvalue weighted by Gasteiger charge is -2.12. The Morgan fingerprint density at radius 3 is 1.70 bits per heavy atom. The second kappa shape index (κ2) is 6.69. The van der Waals surface area contributed by atoms with Crippen LogP contribution < -0.4 is 0 Å². The Labute approximate surface area is 123 Å². The second-order valence-electron chi connectivity index (χ2n) is 6.40. The van der Waals surface area contributed by atoms with Gasteiger partial charge in [-0.15, -0.1) is 0 Å². The molecule has 0 saturated carbocycles. The van der Waals surface area contributed by atoms with Crippen molar-refractivity contribution in [2.45, 2.75) is 40.5 Å². The number of hydrogen-bond donors (Lipinski definition) is 0. The Morgan fingerprint density at radius 1 is 0.750 bits per heavy atom. The monoisotopic (exact) mass is 267 g/mol. The number of aromatic nitrogens is 1. The summed E-state index contributed by atoms with van der Waals surface area (Å²) in [6, 6.07) is 15.1. The maximum atomic E-state index is 4.84. The predicted octanol–water partition coefficient (Wildman–Crippen LogP) is 5.15. The van der Waals surface area contributed by atoms with Crippen molar-refractivity contribution in [3.05, 3.63) is 53.9 Å². The molecule has 2 aromatic rings. The van der Waals surface area contributed by atoms with Crippen LogP contribution >= 0.6 is 0 Å². The molecule has 0 N–H and O–H groups in total. The highest BCUT2D eigenvalue weighted by atomic mass is 14.7. The van der Waals surface area contributed by atoms with Gasteiger partial charge in [-0.2, -0.15) is 0 Å². The van der Waals surface area contributed by atoms with Crippen LogP contribution in [0.5, 0.6) is 0 Å². The molecule has 0 radical (unpaired) electrons. The molecule has 1 heterocycles. The van der Waals surface area contributed by atoms with E-state index in [1.54, 1.807) is 0 Å². The fourth-order valence-electron chi connectivity index (χ4n) is 2.49. The molecule has 1 nitrogen and oxygen atoms in total. The second-order valence-corrected chi connectivity index (χ2v) is 6.40. The minimum atomic E-state index is 0.639. The van der Waals surface area contributed by atoms with E-state index >= 15 is 0 Å². The standard InChI is InChI=1S/C19H25N/c1-14(2)10-18-12-17(16-8-6-5-7-9-16)13-19(20-18)11-15(3)4/h5-9,12-15H,10-11H2,1-4H3. The van der Waals surface area contributed by atoms with Crippen molar-refractivity contribution in [3.63, 3.8) is 0 Å². The number of hydrogen-bond acceptors (Lipinski definition) is 1. The molecule has 1 heteroatoms. The smallest absolute Gasteiger partial charge is 0.0415 e. The average Bonchev–Trinajstić information content (AvgIpc) is 2.38. The van der Waals surface area contributed by atoms with E-state index < -0.39 is 0 Å². The van der Waals surface area contributed by atoms with Gasteiger partial charge < -0.3 is 0 Å². The zero-order valence-electron chi connectivity index (χ0n) is 13.1. The van der Waals surface area contributed by atoms with Crippen LogP contribution in [0.25, 0.3) is 11.1 Å². The zero-order valence-corrected chi connectivity index (χ0v) is 13.1. The first-order valence-corrected chi connectivity index (χ1v) is 7.60. The lowest BCUT2D eigenvalue weighted by atomic mass is 9.99. The van der Waals surface area contributed by atoms with E-state index in [0.29, 0.717) is 11.8 Å². The molecule has 0 aliphatic rings. The van der Waals surface area contributed by atoms with E-state index in [0.717, 1.165) is 12.8 Å². The van der Waals surface area contributed by atoms with Crippen molar-refractivity contribution in [1.29, 1.82) is 0 Å². The van der Waals surface area contributed by atoms with Gasteiger partial charge in [0.25, 0.3) is 0 Å². The van der Waals surface area contributed by atoms with Crippen LogP contribution in [0, 0.1) is 11.8 Å². The molecule has 0 amide bonds. The van der Waals surface area contributed by atoms with Gasteiger partial charge in [-0.25, -0.2) is 0 Å². The summed E-state index contributed by atoms with van der Waals surface area (Å²) in [5.74, 6) is 1.28. The first kappa shape index (κ1) is 14.8. The topological polar surface area (TPSA) is 12.9 Å². The summed E-state index contributed by atoms with van der Waals surface area (Å²) in [6.45, 7) is 9.00. The highest BCUT2D eigenvalue weighted by molar-refractivity contribution is 5.64. The van der Waals surface area contributed by atoms with E-state index in [1.807, 2.05) is 0 Å². The lowest BCUT2D eigenvalue weighted by Crippen LogP contribution is -2.04. The van der Waals surface area contributed by atoms with E-state index in [4.69, 9.17) is 4.98 Å². The van der Waals surface area contributed by atoms with Crippen molar-refractivity contribution >= 4 is 0 Å². The van der Waals surface area contributed by atoms with E-state index in [9.17, 15) is 0 Å². The molecular formula is C19H25N. The highest BCUT2D eigenvalue weighted by Gasteiger charge is 2.08. The fourth-order valence-corrected chi connectivity index (χ4v) is 2.49. The molecule has 1 aromatic heterocycles. The molecule has 0 fully saturated rings. The van der Waals surface area contributed by atoms with Crippen LogP contribution in [0.2, 0.25) is 0 Å². The normalized spacial score (nSPS) is 11.3. The van der Waals surface area contributed by atoms with Gasteiger partial charge in [0.1, 0.15) is 0 Å². The number of rotatable bonds is 5. The summed E-state index contributed by atoms with van der Waals surface area (Å²) in [6.07, 6.45) is 2.09. The van der Waals surface area contributed by atoms with Gasteiger partial charge in [0, 0.05) is 11.4 Å². The molecule has 1 aromatic carbocycles. The minimum absolute atomic E-state index is 0.639. The summed E-state index contributed by atoms with van der Waals surface area (Å²) in [4.78, 5) is 4.84. The van der Waals surface area contributed by atoms with E-state index in [-0.39, 0.29) is 0 Å². The van der Waals surface area contributed by atoms with Crippen LogP contribution in [-0.4, -0.2) is 4.98 Å². The highest BCUT2D eigenvalue weighted by Crippen LogP contribution is 2.23. The van der Waals surface area contributed by atoms with Crippen LogP contribution in [-0.2, 0) is 12.8 Å². The Morgan fingerprint density at radius 2 is 1.25 bits per heavy atom. The fraction of sp³-hybridized carbons (Fsp3) is 0.421. The lowest BCUT2D eigenvalue weighted by molar-refractivity contribution is 0.613. The molecule has 0 spiro atoms. The molecular weight excluding hydrogens is 242 g/mol. The molecule has 0 saturated heterocycles. The maximum Gasteiger partial charge on any atom is 0.0415 e. The van der Waals surface area contributed by atoms with Crippen LogP contribution in [0.15, 0.2) is 42.5 Å². The van der Waals surface area contributed by atoms with Gasteiger partial charge in [-0.3, -0.25) is 4.98 Å². The quantitative estimate of drug-likeness (QED) is 0.730. The Kier molecular flexibility index (Phi) is 4.94. The first-order valence-electron chi connectivity index (χ1n) is 7.60. The third-order valence-corrected chi connectivity index (χ3v) is 3.27. The number of pyridine rings is 1. The largest absolute Gasteiger partial charge is 0.258 e. The van der Waals surface area contributed by atoms with Gasteiger partial charge >= 0.3 is 0 Å². The molecule has 0 aliphatic heterocycles. The molecule has 0 unspecified atom stereocenters. The van der Waals surface area contributed by atoms with Crippen molar-refractivity contribution < 1.29 is 0 Å². The van der Waals surface area contributed by atoms with Crippen LogP contribution in [0.3, 0.4) is 0 Å². The SMILES string of the molecule is CC(C)Cc1cc(-c2ccccc2)cc(CC(C)C)n1.